The third kappa shape index (κ3) is 2.40. The Balaban J connectivity index is 2.84. The Morgan fingerprint density at radius 1 is 1.64 bits per heavy atom. The largest absolute Gasteiger partial charge is 0.478 e. The van der Waals surface area contributed by atoms with Gasteiger partial charge in [-0.25, -0.2) is 14.2 Å². The molecule has 6 heteroatoms. The average Bonchev–Trinajstić information content (AvgIpc) is 2.15. The van der Waals surface area contributed by atoms with E-state index < -0.39 is 11.8 Å². The summed E-state index contributed by atoms with van der Waals surface area (Å²) in [5, 5.41) is 16.9. The highest BCUT2D eigenvalue weighted by Gasteiger charge is 2.10. The first-order valence-electron chi connectivity index (χ1n) is 3.77. The molecule has 1 aromatic rings. The lowest BCUT2D eigenvalue weighted by atomic mass is 10.3. The maximum Gasteiger partial charge on any atom is 0.337 e. The zero-order valence-corrected chi connectivity index (χ0v) is 7.11. The Kier molecular flexibility index (Phi) is 3.35. The number of carbonyl (C=O) groups is 1. The summed E-state index contributed by atoms with van der Waals surface area (Å²) in [5.41, 5.74) is -0.251. The summed E-state index contributed by atoms with van der Waals surface area (Å²) in [6.07, 6.45) is 0.984. The zero-order valence-electron chi connectivity index (χ0n) is 7.11. The molecule has 1 aromatic heterocycles. The summed E-state index contributed by atoms with van der Waals surface area (Å²) < 4.78 is 17.7. The number of nitrogens with zero attached hydrogens (tertiary/aromatic N) is 1. The molecule has 5 nitrogen and oxygen atoms in total. The van der Waals surface area contributed by atoms with Gasteiger partial charge < -0.3 is 14.9 Å². The van der Waals surface area contributed by atoms with Crippen LogP contribution in [0.2, 0.25) is 0 Å². The second-order valence-electron chi connectivity index (χ2n) is 2.39. The van der Waals surface area contributed by atoms with Crippen molar-refractivity contribution in [3.63, 3.8) is 0 Å². The van der Waals surface area contributed by atoms with Crippen LogP contribution < -0.4 is 4.74 Å². The van der Waals surface area contributed by atoms with Crippen LogP contribution in [0.5, 0.6) is 5.88 Å². The average molecular weight is 201 g/mol. The first-order chi connectivity index (χ1) is 6.65. The van der Waals surface area contributed by atoms with Gasteiger partial charge >= 0.3 is 5.97 Å². The van der Waals surface area contributed by atoms with Gasteiger partial charge in [0.2, 0.25) is 5.88 Å². The van der Waals surface area contributed by atoms with E-state index in [1.807, 2.05) is 0 Å². The quantitative estimate of drug-likeness (QED) is 0.731. The third-order valence-electron chi connectivity index (χ3n) is 1.38. The van der Waals surface area contributed by atoms with Crippen LogP contribution >= 0.6 is 0 Å². The van der Waals surface area contributed by atoms with E-state index in [9.17, 15) is 9.18 Å². The van der Waals surface area contributed by atoms with Gasteiger partial charge in [0.1, 0.15) is 6.61 Å². The molecule has 76 valence electrons. The molecule has 0 aliphatic carbocycles. The number of aromatic carboxylic acids is 1. The van der Waals surface area contributed by atoms with Crippen molar-refractivity contribution in [1.82, 2.24) is 4.98 Å². The second kappa shape index (κ2) is 4.52. The number of aliphatic hydroxyl groups excluding tert-OH is 1. The molecule has 0 aliphatic heterocycles. The predicted octanol–water partition coefficient (Wildman–Crippen LogP) is 0.290. The van der Waals surface area contributed by atoms with Crippen LogP contribution in [0.4, 0.5) is 4.39 Å². The maximum absolute atomic E-state index is 13.0. The molecule has 14 heavy (non-hydrogen) atoms. The molecule has 1 heterocycles. The fourth-order valence-electron chi connectivity index (χ4n) is 0.791. The van der Waals surface area contributed by atoms with Gasteiger partial charge in [0.25, 0.3) is 0 Å². The summed E-state index contributed by atoms with van der Waals surface area (Å²) >= 11 is 0. The fourth-order valence-corrected chi connectivity index (χ4v) is 0.791. The molecule has 2 N–H and O–H groups in total. The number of carboxylic acid groups (broad SMARTS) is 1. The van der Waals surface area contributed by atoms with Gasteiger partial charge in [0.05, 0.1) is 12.2 Å². The molecule has 0 bridgehead atoms. The minimum absolute atomic E-state index is 0.0870. The Bertz CT molecular complexity index is 342. The van der Waals surface area contributed by atoms with E-state index >= 15 is 0 Å². The van der Waals surface area contributed by atoms with Crippen molar-refractivity contribution in [2.24, 2.45) is 0 Å². The lowest BCUT2D eigenvalue weighted by molar-refractivity contribution is 0.0695. The molecular formula is C8H8FNO4. The van der Waals surface area contributed by atoms with Gasteiger partial charge in [0, 0.05) is 6.20 Å². The summed E-state index contributed by atoms with van der Waals surface area (Å²) in [4.78, 5) is 13.8. The number of hydrogen-bond acceptors (Lipinski definition) is 4. The third-order valence-corrected chi connectivity index (χ3v) is 1.38. The van der Waals surface area contributed by atoms with Crippen LogP contribution in [-0.4, -0.2) is 34.4 Å². The van der Waals surface area contributed by atoms with E-state index in [0.29, 0.717) is 0 Å². The van der Waals surface area contributed by atoms with E-state index in [2.05, 4.69) is 4.98 Å². The van der Waals surface area contributed by atoms with Gasteiger partial charge in [-0.1, -0.05) is 0 Å². The Morgan fingerprint density at radius 2 is 2.36 bits per heavy atom. The minimum Gasteiger partial charge on any atom is -0.478 e. The van der Waals surface area contributed by atoms with Crippen molar-refractivity contribution in [1.29, 1.82) is 0 Å². The van der Waals surface area contributed by atoms with Gasteiger partial charge in [0.15, 0.2) is 5.82 Å². The molecule has 0 fully saturated rings. The molecule has 0 amide bonds. The number of carboxylic acids is 1. The van der Waals surface area contributed by atoms with Crippen molar-refractivity contribution >= 4 is 5.97 Å². The standard InChI is InChI=1S/C8H8FNO4/c9-6-3-5(8(12)13)4-10-7(6)14-2-1-11/h3-4,11H,1-2H2,(H,12,13). The van der Waals surface area contributed by atoms with Crippen molar-refractivity contribution in [2.75, 3.05) is 13.2 Å². The van der Waals surface area contributed by atoms with E-state index in [1.54, 1.807) is 0 Å². The number of aliphatic hydroxyl groups is 1. The molecule has 0 radical (unpaired) electrons. The lowest BCUT2D eigenvalue weighted by Gasteiger charge is -2.03. The number of pyridine rings is 1. The smallest absolute Gasteiger partial charge is 0.337 e. The maximum atomic E-state index is 13.0. The van der Waals surface area contributed by atoms with E-state index in [-0.39, 0.29) is 24.7 Å². The van der Waals surface area contributed by atoms with Crippen LogP contribution in [0, 0.1) is 5.82 Å². The van der Waals surface area contributed by atoms with Gasteiger partial charge in [-0.05, 0) is 6.07 Å². The minimum atomic E-state index is -1.26. The zero-order chi connectivity index (χ0) is 10.6. The molecule has 0 unspecified atom stereocenters. The lowest BCUT2D eigenvalue weighted by Crippen LogP contribution is -2.06. The normalized spacial score (nSPS) is 9.86. The molecule has 0 aromatic carbocycles. The molecular weight excluding hydrogens is 193 g/mol. The molecule has 0 aliphatic rings. The second-order valence-corrected chi connectivity index (χ2v) is 2.39. The van der Waals surface area contributed by atoms with Crippen LogP contribution in [-0.2, 0) is 0 Å². The highest BCUT2D eigenvalue weighted by Crippen LogP contribution is 2.14. The summed E-state index contributed by atoms with van der Waals surface area (Å²) in [5.74, 6) is -2.44. The van der Waals surface area contributed by atoms with E-state index in [4.69, 9.17) is 14.9 Å². The number of halogens is 1. The number of aromatic nitrogens is 1. The van der Waals surface area contributed by atoms with Gasteiger partial charge in [-0.3, -0.25) is 0 Å². The monoisotopic (exact) mass is 201 g/mol. The highest BCUT2D eigenvalue weighted by atomic mass is 19.1. The molecule has 1 rings (SSSR count). The van der Waals surface area contributed by atoms with Crippen molar-refractivity contribution < 1.29 is 24.1 Å². The number of ether oxygens (including phenoxy) is 1. The van der Waals surface area contributed by atoms with Crippen molar-refractivity contribution in [2.45, 2.75) is 0 Å². The first-order valence-corrected chi connectivity index (χ1v) is 3.77. The summed E-state index contributed by atoms with van der Waals surface area (Å²) in [6.45, 7) is -0.349. The molecule has 0 spiro atoms. The van der Waals surface area contributed by atoms with Gasteiger partial charge in [-0.15, -0.1) is 0 Å². The topological polar surface area (TPSA) is 79.7 Å². The fraction of sp³-hybridized carbons (Fsp3) is 0.250. The summed E-state index contributed by atoms with van der Waals surface area (Å²) in [6, 6.07) is 0.808. The number of rotatable bonds is 4. The van der Waals surface area contributed by atoms with Crippen LogP contribution in [0.3, 0.4) is 0 Å². The van der Waals surface area contributed by atoms with Crippen LogP contribution in [0.25, 0.3) is 0 Å². The number of hydrogen-bond donors (Lipinski definition) is 2. The first kappa shape index (κ1) is 10.4. The molecule has 0 saturated carbocycles. The summed E-state index contributed by atoms with van der Waals surface area (Å²) in [7, 11) is 0. The Labute approximate surface area is 78.8 Å². The highest BCUT2D eigenvalue weighted by molar-refractivity contribution is 5.87. The van der Waals surface area contributed by atoms with Gasteiger partial charge in [-0.2, -0.15) is 0 Å². The van der Waals surface area contributed by atoms with E-state index in [0.717, 1.165) is 12.3 Å². The molecule has 0 atom stereocenters. The van der Waals surface area contributed by atoms with Crippen LogP contribution in [0.1, 0.15) is 10.4 Å². The SMILES string of the molecule is O=C(O)c1cnc(OCCO)c(F)c1. The van der Waals surface area contributed by atoms with Crippen molar-refractivity contribution in [3.8, 4) is 5.88 Å². The van der Waals surface area contributed by atoms with E-state index in [1.165, 1.54) is 0 Å². The van der Waals surface area contributed by atoms with Crippen molar-refractivity contribution in [3.05, 3.63) is 23.6 Å². The Hall–Kier alpha value is -1.69. The predicted molar refractivity (Wildman–Crippen MR) is 43.7 cm³/mol. The Morgan fingerprint density at radius 3 is 2.86 bits per heavy atom. The molecule has 0 saturated heterocycles. The van der Waals surface area contributed by atoms with Crippen LogP contribution in [0.15, 0.2) is 12.3 Å².